The normalized spacial score (nSPS) is 41.4. The van der Waals surface area contributed by atoms with Crippen molar-refractivity contribution in [2.45, 2.75) is 61.7 Å². The first-order valence-corrected chi connectivity index (χ1v) is 9.71. The van der Waals surface area contributed by atoms with Crippen molar-refractivity contribution in [1.82, 2.24) is 4.90 Å². The lowest BCUT2D eigenvalue weighted by Crippen LogP contribution is -2.75. The number of aliphatic hydroxyl groups is 1. The molecule has 6 rings (SSSR count). The summed E-state index contributed by atoms with van der Waals surface area (Å²) < 4.78 is 6.29. The number of hydrogen-bond donors (Lipinski definition) is 2. The van der Waals surface area contributed by atoms with Crippen LogP contribution in [-0.4, -0.2) is 45.9 Å². The Labute approximate surface area is 148 Å². The Morgan fingerprint density at radius 2 is 2.12 bits per heavy atom. The Morgan fingerprint density at radius 3 is 2.92 bits per heavy atom. The number of phenols is 1. The van der Waals surface area contributed by atoms with E-state index in [1.54, 1.807) is 6.07 Å². The summed E-state index contributed by atoms with van der Waals surface area (Å²) in [5, 5.41) is 22.5. The highest BCUT2D eigenvalue weighted by molar-refractivity contribution is 5.63. The van der Waals surface area contributed by atoms with Crippen LogP contribution in [0.4, 0.5) is 0 Å². The van der Waals surface area contributed by atoms with E-state index in [4.69, 9.17) is 4.74 Å². The Balaban J connectivity index is 1.58. The Hall–Kier alpha value is -1.52. The molecule has 2 aliphatic heterocycles. The van der Waals surface area contributed by atoms with Crippen molar-refractivity contribution in [3.63, 3.8) is 0 Å². The summed E-state index contributed by atoms with van der Waals surface area (Å²) in [7, 11) is 0. The minimum absolute atomic E-state index is 0.157. The third-order valence-corrected chi connectivity index (χ3v) is 7.71. The molecule has 2 heterocycles. The third-order valence-electron chi connectivity index (χ3n) is 7.71. The fourth-order valence-corrected chi connectivity index (χ4v) is 6.39. The fourth-order valence-electron chi connectivity index (χ4n) is 6.39. The zero-order valence-corrected chi connectivity index (χ0v) is 14.5. The van der Waals surface area contributed by atoms with E-state index in [-0.39, 0.29) is 17.9 Å². The van der Waals surface area contributed by atoms with Gasteiger partial charge in [0.1, 0.15) is 6.10 Å². The second kappa shape index (κ2) is 4.41. The van der Waals surface area contributed by atoms with Crippen LogP contribution in [0.25, 0.3) is 0 Å². The molecule has 2 bridgehead atoms. The van der Waals surface area contributed by atoms with Crippen molar-refractivity contribution in [2.24, 2.45) is 5.92 Å². The predicted molar refractivity (Wildman–Crippen MR) is 93.9 cm³/mol. The van der Waals surface area contributed by atoms with Crippen LogP contribution in [0.2, 0.25) is 0 Å². The lowest BCUT2D eigenvalue weighted by Gasteiger charge is -2.63. The highest BCUT2D eigenvalue weighted by atomic mass is 16.5. The number of piperidine rings is 1. The zero-order chi connectivity index (χ0) is 17.0. The minimum Gasteiger partial charge on any atom is -0.504 e. The molecule has 2 N–H and O–H groups in total. The predicted octanol–water partition coefficient (Wildman–Crippen LogP) is 2.51. The number of benzene rings is 1. The van der Waals surface area contributed by atoms with E-state index in [0.29, 0.717) is 5.75 Å². The van der Waals surface area contributed by atoms with E-state index in [1.165, 1.54) is 18.4 Å². The van der Waals surface area contributed by atoms with E-state index >= 15 is 0 Å². The number of hydrogen-bond acceptors (Lipinski definition) is 4. The van der Waals surface area contributed by atoms with Gasteiger partial charge in [0.05, 0.1) is 11.0 Å². The number of rotatable bonds is 2. The van der Waals surface area contributed by atoms with Gasteiger partial charge in [0.2, 0.25) is 0 Å². The summed E-state index contributed by atoms with van der Waals surface area (Å²) in [6.07, 6.45) is 5.79. The summed E-state index contributed by atoms with van der Waals surface area (Å²) >= 11 is 0. The van der Waals surface area contributed by atoms with Gasteiger partial charge in [-0.3, -0.25) is 4.90 Å². The maximum absolute atomic E-state index is 12.1. The van der Waals surface area contributed by atoms with Gasteiger partial charge >= 0.3 is 0 Å². The molecule has 1 aromatic rings. The van der Waals surface area contributed by atoms with Crippen LogP contribution in [0.3, 0.4) is 0 Å². The maximum atomic E-state index is 12.1. The Kier molecular flexibility index (Phi) is 2.58. The monoisotopic (exact) mass is 339 g/mol. The smallest absolute Gasteiger partial charge is 0.166 e. The van der Waals surface area contributed by atoms with Crippen LogP contribution in [0.5, 0.6) is 11.5 Å². The summed E-state index contributed by atoms with van der Waals surface area (Å²) in [6, 6.07) is 3.96. The van der Waals surface area contributed by atoms with Crippen molar-refractivity contribution in [1.29, 1.82) is 0 Å². The third kappa shape index (κ3) is 1.57. The van der Waals surface area contributed by atoms with E-state index in [9.17, 15) is 10.2 Å². The van der Waals surface area contributed by atoms with Crippen molar-refractivity contribution in [2.75, 3.05) is 13.1 Å². The molecule has 25 heavy (non-hydrogen) atoms. The van der Waals surface area contributed by atoms with E-state index in [2.05, 4.69) is 11.5 Å². The van der Waals surface area contributed by atoms with Gasteiger partial charge in [0.15, 0.2) is 11.5 Å². The molecule has 4 atom stereocenters. The van der Waals surface area contributed by atoms with Crippen LogP contribution in [0.1, 0.15) is 43.2 Å². The van der Waals surface area contributed by atoms with Gasteiger partial charge in [-0.25, -0.2) is 0 Å². The number of phenolic OH excluding ortho intramolecular Hbond substituents is 1. The van der Waals surface area contributed by atoms with Crippen molar-refractivity contribution in [3.8, 4) is 11.5 Å². The molecule has 132 valence electrons. The van der Waals surface area contributed by atoms with Gasteiger partial charge in [-0.2, -0.15) is 0 Å². The molecular weight excluding hydrogens is 314 g/mol. The summed E-state index contributed by atoms with van der Waals surface area (Å²) in [5.41, 5.74) is 2.21. The summed E-state index contributed by atoms with van der Waals surface area (Å²) in [6.45, 7) is 6.40. The van der Waals surface area contributed by atoms with Crippen molar-refractivity contribution < 1.29 is 14.9 Å². The van der Waals surface area contributed by atoms with Crippen LogP contribution in [-0.2, 0) is 11.8 Å². The lowest BCUT2D eigenvalue weighted by molar-refractivity contribution is -0.174. The van der Waals surface area contributed by atoms with Crippen molar-refractivity contribution >= 4 is 0 Å². The SMILES string of the molecule is C=C1CC[C@@]2(O)[C@H]3Cc4ccc(O)c5c4[C@]2(CCN3CC2CC2)[C@@H]1O5. The highest BCUT2D eigenvalue weighted by Crippen LogP contribution is 2.66. The first kappa shape index (κ1) is 14.6. The van der Waals surface area contributed by atoms with Gasteiger partial charge in [0, 0.05) is 18.2 Å². The molecule has 2 saturated carbocycles. The minimum atomic E-state index is -0.780. The first-order valence-electron chi connectivity index (χ1n) is 9.71. The Morgan fingerprint density at radius 1 is 1.28 bits per heavy atom. The van der Waals surface area contributed by atoms with Gasteiger partial charge < -0.3 is 14.9 Å². The van der Waals surface area contributed by atoms with Crippen LogP contribution < -0.4 is 4.74 Å². The van der Waals surface area contributed by atoms with Gasteiger partial charge in [-0.1, -0.05) is 12.6 Å². The number of aromatic hydroxyl groups is 1. The second-order valence-electron chi connectivity index (χ2n) is 8.91. The first-order chi connectivity index (χ1) is 12.0. The van der Waals surface area contributed by atoms with Crippen LogP contribution in [0, 0.1) is 5.92 Å². The molecule has 3 aliphatic carbocycles. The molecular formula is C21H25NO3. The number of nitrogens with zero attached hydrogens (tertiary/aromatic N) is 1. The number of likely N-dealkylation sites (tertiary alicyclic amines) is 1. The molecule has 4 heteroatoms. The van der Waals surface area contributed by atoms with Gasteiger partial charge in [-0.05, 0) is 68.2 Å². The molecule has 0 unspecified atom stereocenters. The molecule has 1 spiro atoms. The Bertz CT molecular complexity index is 801. The average molecular weight is 339 g/mol. The lowest BCUT2D eigenvalue weighted by atomic mass is 9.48. The highest BCUT2D eigenvalue weighted by Gasteiger charge is 2.71. The molecule has 0 aromatic heterocycles. The van der Waals surface area contributed by atoms with Crippen LogP contribution in [0.15, 0.2) is 24.3 Å². The number of ether oxygens (including phenoxy) is 1. The van der Waals surface area contributed by atoms with Crippen molar-refractivity contribution in [3.05, 3.63) is 35.4 Å². The quantitative estimate of drug-likeness (QED) is 0.813. The second-order valence-corrected chi connectivity index (χ2v) is 8.91. The molecule has 0 radical (unpaired) electrons. The summed E-state index contributed by atoms with van der Waals surface area (Å²) in [4.78, 5) is 2.56. The van der Waals surface area contributed by atoms with E-state index in [1.807, 2.05) is 6.07 Å². The van der Waals surface area contributed by atoms with Gasteiger partial charge in [-0.15, -0.1) is 0 Å². The summed E-state index contributed by atoms with van der Waals surface area (Å²) in [5.74, 6) is 1.64. The van der Waals surface area contributed by atoms with Crippen LogP contribution >= 0.6 is 0 Å². The molecule has 4 nitrogen and oxygen atoms in total. The molecule has 1 aromatic carbocycles. The van der Waals surface area contributed by atoms with E-state index in [0.717, 1.165) is 55.8 Å². The molecule has 1 saturated heterocycles. The standard InChI is InChI=1S/C21H25NO3/c1-12-6-7-21(24)16-10-14-4-5-15(23)18-17(14)20(21,19(12)25-18)8-9-22(16)11-13-2-3-13/h4-5,13,16,19,23-24H,1-3,6-11H2/t16-,19-,20-,21-/m1/s1. The zero-order valence-electron chi connectivity index (χ0n) is 14.5. The van der Waals surface area contributed by atoms with Gasteiger partial charge in [0.25, 0.3) is 0 Å². The molecule has 3 fully saturated rings. The topological polar surface area (TPSA) is 52.9 Å². The molecule has 5 aliphatic rings. The fraction of sp³-hybridized carbons (Fsp3) is 0.619. The molecule has 0 amide bonds. The average Bonchev–Trinajstić information content (AvgIpc) is 3.32. The largest absolute Gasteiger partial charge is 0.504 e. The maximum Gasteiger partial charge on any atom is 0.166 e. The van der Waals surface area contributed by atoms with E-state index < -0.39 is 11.0 Å².